The summed E-state index contributed by atoms with van der Waals surface area (Å²) in [5.74, 6) is -1.36. The molecular formula is C13H12ClNO2. The van der Waals surface area contributed by atoms with E-state index in [1.54, 1.807) is 25.1 Å². The molecule has 0 spiro atoms. The summed E-state index contributed by atoms with van der Waals surface area (Å²) >= 11 is 5.85. The molecule has 1 rings (SSSR count). The van der Waals surface area contributed by atoms with Crippen LogP contribution in [0.25, 0.3) is 0 Å². The molecule has 0 heterocycles. The first-order valence-electron chi connectivity index (χ1n) is 5.15. The highest BCUT2D eigenvalue weighted by Crippen LogP contribution is 2.18. The molecule has 88 valence electrons. The SMILES string of the molecule is CC(=O)C(C#N)CC(=O)c1ccc(Cl)c(C)c1. The van der Waals surface area contributed by atoms with Crippen molar-refractivity contribution in [1.82, 2.24) is 0 Å². The third kappa shape index (κ3) is 3.40. The van der Waals surface area contributed by atoms with Gasteiger partial charge in [-0.3, -0.25) is 9.59 Å². The Morgan fingerprint density at radius 1 is 1.47 bits per heavy atom. The Balaban J connectivity index is 2.87. The number of aryl methyl sites for hydroxylation is 1. The molecule has 0 aliphatic rings. The lowest BCUT2D eigenvalue weighted by Crippen LogP contribution is -2.14. The third-order valence-electron chi connectivity index (χ3n) is 2.52. The van der Waals surface area contributed by atoms with Crippen molar-refractivity contribution in [3.8, 4) is 6.07 Å². The van der Waals surface area contributed by atoms with Gasteiger partial charge in [0.1, 0.15) is 11.7 Å². The highest BCUT2D eigenvalue weighted by Gasteiger charge is 2.19. The Kier molecular flexibility index (Phi) is 4.42. The Labute approximate surface area is 105 Å². The van der Waals surface area contributed by atoms with E-state index in [1.165, 1.54) is 6.92 Å². The van der Waals surface area contributed by atoms with Crippen molar-refractivity contribution < 1.29 is 9.59 Å². The number of Topliss-reactive ketones (excluding diaryl/α,β-unsaturated/α-hetero) is 2. The van der Waals surface area contributed by atoms with Gasteiger partial charge in [0.15, 0.2) is 5.78 Å². The van der Waals surface area contributed by atoms with Gasteiger partial charge in [-0.05, 0) is 37.6 Å². The fraction of sp³-hybridized carbons (Fsp3) is 0.308. The number of nitriles is 1. The number of carbonyl (C=O) groups excluding carboxylic acids is 2. The lowest BCUT2D eigenvalue weighted by molar-refractivity contribution is -0.119. The molecule has 17 heavy (non-hydrogen) atoms. The maximum Gasteiger partial charge on any atom is 0.164 e. The van der Waals surface area contributed by atoms with E-state index in [2.05, 4.69) is 0 Å². The minimum atomic E-state index is -0.863. The monoisotopic (exact) mass is 249 g/mol. The average molecular weight is 250 g/mol. The van der Waals surface area contributed by atoms with Gasteiger partial charge in [0.05, 0.1) is 6.07 Å². The number of nitrogens with zero attached hydrogens (tertiary/aromatic N) is 1. The first-order valence-corrected chi connectivity index (χ1v) is 5.53. The molecule has 0 saturated carbocycles. The number of rotatable bonds is 4. The van der Waals surface area contributed by atoms with Gasteiger partial charge in [-0.15, -0.1) is 0 Å². The number of ketones is 2. The molecular weight excluding hydrogens is 238 g/mol. The molecule has 0 amide bonds. The minimum absolute atomic E-state index is 0.0765. The molecule has 3 nitrogen and oxygen atoms in total. The van der Waals surface area contributed by atoms with E-state index in [0.717, 1.165) is 5.56 Å². The first-order chi connectivity index (χ1) is 7.95. The summed E-state index contributed by atoms with van der Waals surface area (Å²) in [5.41, 5.74) is 1.28. The van der Waals surface area contributed by atoms with E-state index < -0.39 is 5.92 Å². The average Bonchev–Trinajstić information content (AvgIpc) is 2.28. The zero-order valence-corrected chi connectivity index (χ0v) is 10.4. The van der Waals surface area contributed by atoms with E-state index >= 15 is 0 Å². The molecule has 4 heteroatoms. The van der Waals surface area contributed by atoms with Gasteiger partial charge < -0.3 is 0 Å². The van der Waals surface area contributed by atoms with Crippen molar-refractivity contribution in [2.75, 3.05) is 0 Å². The van der Waals surface area contributed by atoms with Crippen LogP contribution in [0.2, 0.25) is 5.02 Å². The number of benzene rings is 1. The van der Waals surface area contributed by atoms with Gasteiger partial charge in [-0.2, -0.15) is 5.26 Å². The van der Waals surface area contributed by atoms with Gasteiger partial charge in [0.2, 0.25) is 0 Å². The fourth-order valence-corrected chi connectivity index (χ4v) is 1.52. The van der Waals surface area contributed by atoms with E-state index in [1.807, 2.05) is 6.07 Å². The van der Waals surface area contributed by atoms with Crippen LogP contribution in [0.1, 0.15) is 29.3 Å². The maximum absolute atomic E-state index is 11.8. The zero-order chi connectivity index (χ0) is 13.0. The van der Waals surface area contributed by atoms with Crippen LogP contribution in [0.15, 0.2) is 18.2 Å². The van der Waals surface area contributed by atoms with Crippen LogP contribution in [0.3, 0.4) is 0 Å². The Morgan fingerprint density at radius 3 is 2.59 bits per heavy atom. The first kappa shape index (κ1) is 13.4. The predicted octanol–water partition coefficient (Wildman–Crippen LogP) is 2.95. The van der Waals surface area contributed by atoms with Crippen molar-refractivity contribution in [1.29, 1.82) is 5.26 Å². The summed E-state index contributed by atoms with van der Waals surface area (Å²) in [6.45, 7) is 3.11. The number of halogens is 1. The van der Waals surface area contributed by atoms with Gasteiger partial charge in [0.25, 0.3) is 0 Å². The second-order valence-electron chi connectivity index (χ2n) is 3.88. The quantitative estimate of drug-likeness (QED) is 0.771. The lowest BCUT2D eigenvalue weighted by atomic mass is 9.96. The molecule has 1 aromatic rings. The Bertz CT molecular complexity index is 503. The Morgan fingerprint density at radius 2 is 2.12 bits per heavy atom. The summed E-state index contributed by atoms with van der Waals surface area (Å²) in [6.07, 6.45) is -0.0765. The predicted molar refractivity (Wildman–Crippen MR) is 64.9 cm³/mol. The number of carbonyl (C=O) groups is 2. The van der Waals surface area contributed by atoms with Crippen molar-refractivity contribution in [3.63, 3.8) is 0 Å². The van der Waals surface area contributed by atoms with Crippen LogP contribution in [-0.4, -0.2) is 11.6 Å². The van der Waals surface area contributed by atoms with Gasteiger partial charge >= 0.3 is 0 Å². The summed E-state index contributed by atoms with van der Waals surface area (Å²) < 4.78 is 0. The van der Waals surface area contributed by atoms with Crippen molar-refractivity contribution in [2.45, 2.75) is 20.3 Å². The number of hydrogen-bond acceptors (Lipinski definition) is 3. The lowest BCUT2D eigenvalue weighted by Gasteiger charge is -2.06. The van der Waals surface area contributed by atoms with Gasteiger partial charge in [-0.1, -0.05) is 11.6 Å². The van der Waals surface area contributed by atoms with E-state index in [0.29, 0.717) is 10.6 Å². The summed E-state index contributed by atoms with van der Waals surface area (Å²) in [7, 11) is 0. The summed E-state index contributed by atoms with van der Waals surface area (Å²) in [5, 5.41) is 9.33. The van der Waals surface area contributed by atoms with Crippen LogP contribution < -0.4 is 0 Å². The third-order valence-corrected chi connectivity index (χ3v) is 2.94. The molecule has 1 atom stereocenters. The second kappa shape index (κ2) is 5.60. The minimum Gasteiger partial charge on any atom is -0.299 e. The maximum atomic E-state index is 11.8. The summed E-state index contributed by atoms with van der Waals surface area (Å²) in [4.78, 5) is 22.9. The molecule has 0 radical (unpaired) electrons. The molecule has 0 bridgehead atoms. The van der Waals surface area contributed by atoms with Crippen LogP contribution >= 0.6 is 11.6 Å². The van der Waals surface area contributed by atoms with Crippen molar-refractivity contribution >= 4 is 23.2 Å². The summed E-state index contributed by atoms with van der Waals surface area (Å²) in [6, 6.07) is 6.74. The van der Waals surface area contributed by atoms with Gasteiger partial charge in [0, 0.05) is 17.0 Å². The molecule has 0 saturated heterocycles. The van der Waals surface area contributed by atoms with Gasteiger partial charge in [-0.25, -0.2) is 0 Å². The molecule has 1 aromatic carbocycles. The van der Waals surface area contributed by atoms with E-state index in [9.17, 15) is 9.59 Å². The second-order valence-corrected chi connectivity index (χ2v) is 4.29. The highest BCUT2D eigenvalue weighted by molar-refractivity contribution is 6.31. The highest BCUT2D eigenvalue weighted by atomic mass is 35.5. The van der Waals surface area contributed by atoms with Crippen LogP contribution in [0, 0.1) is 24.2 Å². The van der Waals surface area contributed by atoms with Crippen LogP contribution in [0.4, 0.5) is 0 Å². The van der Waals surface area contributed by atoms with Crippen molar-refractivity contribution in [3.05, 3.63) is 34.3 Å². The molecule has 0 fully saturated rings. The Hall–Kier alpha value is -1.66. The van der Waals surface area contributed by atoms with E-state index in [4.69, 9.17) is 16.9 Å². The molecule has 0 N–H and O–H groups in total. The molecule has 1 unspecified atom stereocenters. The topological polar surface area (TPSA) is 57.9 Å². The van der Waals surface area contributed by atoms with Crippen molar-refractivity contribution in [2.24, 2.45) is 5.92 Å². The smallest absolute Gasteiger partial charge is 0.164 e. The number of hydrogen-bond donors (Lipinski definition) is 0. The standard InChI is InChI=1S/C13H12ClNO2/c1-8-5-10(3-4-12(8)14)13(17)6-11(7-15)9(2)16/h3-5,11H,6H2,1-2H3. The van der Waals surface area contributed by atoms with E-state index in [-0.39, 0.29) is 18.0 Å². The normalized spacial score (nSPS) is 11.6. The molecule has 0 aliphatic heterocycles. The molecule has 0 aliphatic carbocycles. The fourth-order valence-electron chi connectivity index (χ4n) is 1.40. The van der Waals surface area contributed by atoms with Crippen LogP contribution in [-0.2, 0) is 4.79 Å². The molecule has 0 aromatic heterocycles. The zero-order valence-electron chi connectivity index (χ0n) is 9.66. The van der Waals surface area contributed by atoms with Crippen LogP contribution in [0.5, 0.6) is 0 Å². The largest absolute Gasteiger partial charge is 0.299 e.